The number of hydrogen-bond acceptors (Lipinski definition) is 5. The molecular formula is C17H21N3OS2. The van der Waals surface area contributed by atoms with E-state index in [4.69, 9.17) is 5.73 Å². The van der Waals surface area contributed by atoms with Gasteiger partial charge in [0, 0.05) is 28.6 Å². The Morgan fingerprint density at radius 3 is 3.00 bits per heavy atom. The normalized spacial score (nSPS) is 20.9. The van der Waals surface area contributed by atoms with Gasteiger partial charge in [-0.05, 0) is 37.9 Å². The highest BCUT2D eigenvalue weighted by Gasteiger charge is 2.32. The van der Waals surface area contributed by atoms with E-state index in [2.05, 4.69) is 11.9 Å². The van der Waals surface area contributed by atoms with Gasteiger partial charge in [-0.3, -0.25) is 4.79 Å². The highest BCUT2D eigenvalue weighted by Crippen LogP contribution is 2.30. The molecule has 0 radical (unpaired) electrons. The summed E-state index contributed by atoms with van der Waals surface area (Å²) in [5.74, 6) is 1.33. The number of benzene rings is 1. The molecule has 2 N–H and O–H groups in total. The van der Waals surface area contributed by atoms with Crippen molar-refractivity contribution >= 4 is 29.0 Å². The molecule has 0 saturated carbocycles. The molecule has 1 fully saturated rings. The lowest BCUT2D eigenvalue weighted by Crippen LogP contribution is -2.34. The minimum absolute atomic E-state index is 0.120. The van der Waals surface area contributed by atoms with Crippen molar-refractivity contribution in [1.29, 1.82) is 0 Å². The van der Waals surface area contributed by atoms with Crippen LogP contribution in [0.15, 0.2) is 40.1 Å². The molecule has 1 saturated heterocycles. The number of nitrogens with two attached hydrogens (primary N) is 1. The number of likely N-dealkylation sites (tertiary alicyclic amines) is 1. The Kier molecular flexibility index (Phi) is 5.35. The van der Waals surface area contributed by atoms with Gasteiger partial charge in [-0.2, -0.15) is 0 Å². The number of carbonyl (C=O) groups excluding carboxylic acids is 1. The maximum atomic E-state index is 13.0. The van der Waals surface area contributed by atoms with Crippen molar-refractivity contribution in [1.82, 2.24) is 9.88 Å². The van der Waals surface area contributed by atoms with Gasteiger partial charge >= 0.3 is 0 Å². The number of aromatic nitrogens is 1. The molecule has 1 aromatic heterocycles. The molecule has 23 heavy (non-hydrogen) atoms. The summed E-state index contributed by atoms with van der Waals surface area (Å²) >= 11 is 3.27. The van der Waals surface area contributed by atoms with E-state index in [1.54, 1.807) is 23.1 Å². The Morgan fingerprint density at radius 1 is 1.48 bits per heavy atom. The molecule has 2 heterocycles. The van der Waals surface area contributed by atoms with Crippen molar-refractivity contribution in [2.45, 2.75) is 30.0 Å². The van der Waals surface area contributed by atoms with Crippen LogP contribution in [0.2, 0.25) is 0 Å². The molecule has 1 aliphatic rings. The monoisotopic (exact) mass is 347 g/mol. The van der Waals surface area contributed by atoms with Crippen molar-refractivity contribution in [2.24, 2.45) is 11.7 Å². The van der Waals surface area contributed by atoms with Crippen LogP contribution in [0, 0.1) is 5.92 Å². The first-order valence-corrected chi connectivity index (χ1v) is 9.71. The van der Waals surface area contributed by atoms with Crippen LogP contribution in [0.25, 0.3) is 0 Å². The van der Waals surface area contributed by atoms with E-state index >= 15 is 0 Å². The summed E-state index contributed by atoms with van der Waals surface area (Å²) in [4.78, 5) is 20.3. The van der Waals surface area contributed by atoms with Gasteiger partial charge in [-0.25, -0.2) is 4.98 Å². The van der Waals surface area contributed by atoms with Crippen LogP contribution in [0.5, 0.6) is 0 Å². The Bertz CT molecular complexity index is 660. The molecule has 4 nitrogen and oxygen atoms in total. The lowest BCUT2D eigenvalue weighted by Gasteiger charge is -2.22. The lowest BCUT2D eigenvalue weighted by molar-refractivity contribution is 0.0740. The summed E-state index contributed by atoms with van der Waals surface area (Å²) in [6.45, 7) is 3.52. The van der Waals surface area contributed by atoms with Crippen LogP contribution < -0.4 is 5.73 Å². The Labute approximate surface area is 145 Å². The fraction of sp³-hybridized carbons (Fsp3) is 0.412. The van der Waals surface area contributed by atoms with Crippen LogP contribution in [0.4, 0.5) is 0 Å². The van der Waals surface area contributed by atoms with E-state index in [1.165, 1.54) is 0 Å². The van der Waals surface area contributed by atoms with Gasteiger partial charge in [0.05, 0.1) is 16.8 Å². The number of thioether (sulfide) groups is 1. The van der Waals surface area contributed by atoms with Crippen LogP contribution in [-0.4, -0.2) is 34.9 Å². The molecule has 0 bridgehead atoms. The molecule has 0 aliphatic carbocycles. The molecule has 2 aromatic rings. The number of rotatable bonds is 5. The average molecular weight is 348 g/mol. The molecule has 1 aromatic carbocycles. The Balaban J connectivity index is 1.75. The van der Waals surface area contributed by atoms with Gasteiger partial charge in [-0.1, -0.05) is 12.1 Å². The molecule has 122 valence electrons. The number of hydrogen-bond donors (Lipinski definition) is 1. The largest absolute Gasteiger partial charge is 0.336 e. The summed E-state index contributed by atoms with van der Waals surface area (Å²) in [5.41, 5.74) is 9.46. The van der Waals surface area contributed by atoms with Crippen LogP contribution in [0.1, 0.15) is 29.4 Å². The minimum atomic E-state index is 0.120. The highest BCUT2D eigenvalue weighted by molar-refractivity contribution is 7.98. The standard InChI is InChI=1S/C17H21N3OS2/c1-12-6-13(7-18)8-20(12)17(21)15-4-2-3-5-16(15)23-10-14-9-22-11-19-14/h2-5,9,11-13H,6-8,10,18H2,1H3. The van der Waals surface area contributed by atoms with Crippen LogP contribution >= 0.6 is 23.1 Å². The summed E-state index contributed by atoms with van der Waals surface area (Å²) in [7, 11) is 0. The fourth-order valence-corrected chi connectivity index (χ4v) is 4.59. The van der Waals surface area contributed by atoms with Crippen LogP contribution in [-0.2, 0) is 5.75 Å². The summed E-state index contributed by atoms with van der Waals surface area (Å²) < 4.78 is 0. The number of carbonyl (C=O) groups is 1. The van der Waals surface area contributed by atoms with E-state index in [1.807, 2.05) is 40.1 Å². The van der Waals surface area contributed by atoms with E-state index in [-0.39, 0.29) is 11.9 Å². The minimum Gasteiger partial charge on any atom is -0.336 e. The maximum absolute atomic E-state index is 13.0. The number of amides is 1. The molecule has 2 unspecified atom stereocenters. The second-order valence-electron chi connectivity index (χ2n) is 5.91. The third kappa shape index (κ3) is 3.76. The van der Waals surface area contributed by atoms with Crippen LogP contribution in [0.3, 0.4) is 0 Å². The van der Waals surface area contributed by atoms with Gasteiger partial charge in [0.2, 0.25) is 0 Å². The van der Waals surface area contributed by atoms with E-state index in [0.29, 0.717) is 12.5 Å². The zero-order valence-electron chi connectivity index (χ0n) is 13.1. The van der Waals surface area contributed by atoms with E-state index in [0.717, 1.165) is 34.9 Å². The molecule has 1 aliphatic heterocycles. The van der Waals surface area contributed by atoms with Crippen molar-refractivity contribution in [2.75, 3.05) is 13.1 Å². The average Bonchev–Trinajstić information content (AvgIpc) is 3.22. The number of nitrogens with zero attached hydrogens (tertiary/aromatic N) is 2. The molecule has 0 spiro atoms. The number of thiazole rings is 1. The predicted octanol–water partition coefficient (Wildman–Crippen LogP) is 3.24. The summed E-state index contributed by atoms with van der Waals surface area (Å²) in [6.07, 6.45) is 0.996. The molecule has 3 rings (SSSR count). The van der Waals surface area contributed by atoms with Crippen molar-refractivity contribution in [3.8, 4) is 0 Å². The van der Waals surface area contributed by atoms with Gasteiger partial charge in [-0.15, -0.1) is 23.1 Å². The topological polar surface area (TPSA) is 59.2 Å². The van der Waals surface area contributed by atoms with E-state index < -0.39 is 0 Å². The zero-order chi connectivity index (χ0) is 16.2. The predicted molar refractivity (Wildman–Crippen MR) is 95.8 cm³/mol. The van der Waals surface area contributed by atoms with Crippen molar-refractivity contribution in [3.63, 3.8) is 0 Å². The maximum Gasteiger partial charge on any atom is 0.255 e. The summed E-state index contributed by atoms with van der Waals surface area (Å²) in [5, 5.41) is 2.05. The first-order chi connectivity index (χ1) is 11.2. The first kappa shape index (κ1) is 16.5. The van der Waals surface area contributed by atoms with Gasteiger partial charge in [0.15, 0.2) is 0 Å². The molecule has 1 amide bonds. The second kappa shape index (κ2) is 7.47. The molecular weight excluding hydrogens is 326 g/mol. The summed E-state index contributed by atoms with van der Waals surface area (Å²) in [6, 6.07) is 8.12. The third-order valence-electron chi connectivity index (χ3n) is 4.23. The Hall–Kier alpha value is -1.37. The quantitative estimate of drug-likeness (QED) is 0.844. The third-order valence-corrected chi connectivity index (χ3v) is 5.97. The lowest BCUT2D eigenvalue weighted by atomic mass is 10.1. The highest BCUT2D eigenvalue weighted by atomic mass is 32.2. The van der Waals surface area contributed by atoms with Gasteiger partial charge in [0.25, 0.3) is 5.91 Å². The SMILES string of the molecule is CC1CC(CN)CN1C(=O)c1ccccc1SCc1cscn1. The van der Waals surface area contributed by atoms with E-state index in [9.17, 15) is 4.79 Å². The van der Waals surface area contributed by atoms with Crippen molar-refractivity contribution < 1.29 is 4.79 Å². The van der Waals surface area contributed by atoms with Gasteiger partial charge < -0.3 is 10.6 Å². The van der Waals surface area contributed by atoms with Crippen molar-refractivity contribution in [3.05, 3.63) is 46.4 Å². The Morgan fingerprint density at radius 2 is 2.30 bits per heavy atom. The molecule has 2 atom stereocenters. The second-order valence-corrected chi connectivity index (χ2v) is 7.64. The zero-order valence-corrected chi connectivity index (χ0v) is 14.8. The molecule has 6 heteroatoms. The first-order valence-electron chi connectivity index (χ1n) is 7.79. The smallest absolute Gasteiger partial charge is 0.255 e. The van der Waals surface area contributed by atoms with Gasteiger partial charge in [0.1, 0.15) is 0 Å². The fourth-order valence-electron chi connectivity index (χ4n) is 2.98.